The van der Waals surface area contributed by atoms with Gasteiger partial charge in [-0.15, -0.1) is 0 Å². The number of fused-ring (bicyclic) bond motifs is 1. The van der Waals surface area contributed by atoms with Crippen LogP contribution in [0.2, 0.25) is 0 Å². The number of hydrogen-bond acceptors (Lipinski definition) is 3. The SMILES string of the molecule is O=C(Nc1cccc(C(=O)N2CCCCC2)c1)N1C[C@@H]2CCC[C@@]2(C(=O)O)C1. The minimum absolute atomic E-state index is 0.00339. The van der Waals surface area contributed by atoms with Crippen molar-refractivity contribution in [2.45, 2.75) is 38.5 Å². The summed E-state index contributed by atoms with van der Waals surface area (Å²) in [4.78, 5) is 40.7. The van der Waals surface area contributed by atoms with Gasteiger partial charge in [0.2, 0.25) is 0 Å². The minimum atomic E-state index is -0.792. The van der Waals surface area contributed by atoms with E-state index >= 15 is 0 Å². The van der Waals surface area contributed by atoms with Gasteiger partial charge in [0.15, 0.2) is 0 Å². The second kappa shape index (κ2) is 7.45. The van der Waals surface area contributed by atoms with Crippen molar-refractivity contribution in [2.75, 3.05) is 31.5 Å². The molecule has 0 spiro atoms. The fourth-order valence-electron chi connectivity index (χ4n) is 5.01. The molecule has 1 aromatic carbocycles. The van der Waals surface area contributed by atoms with Crippen LogP contribution in [-0.2, 0) is 4.79 Å². The molecule has 1 saturated carbocycles. The van der Waals surface area contributed by atoms with E-state index in [0.717, 1.165) is 45.2 Å². The second-order valence-electron chi connectivity index (χ2n) is 8.29. The van der Waals surface area contributed by atoms with Crippen LogP contribution < -0.4 is 5.32 Å². The normalized spacial score (nSPS) is 26.8. The summed E-state index contributed by atoms with van der Waals surface area (Å²) in [7, 11) is 0. The zero-order valence-corrected chi connectivity index (χ0v) is 16.0. The number of carbonyl (C=O) groups excluding carboxylic acids is 2. The van der Waals surface area contributed by atoms with Gasteiger partial charge < -0.3 is 20.2 Å². The largest absolute Gasteiger partial charge is 0.481 e. The van der Waals surface area contributed by atoms with Crippen molar-refractivity contribution in [3.8, 4) is 0 Å². The Hall–Kier alpha value is -2.57. The second-order valence-corrected chi connectivity index (χ2v) is 8.29. The number of nitrogens with one attached hydrogen (secondary N) is 1. The van der Waals surface area contributed by atoms with Crippen LogP contribution in [0, 0.1) is 11.3 Å². The summed E-state index contributed by atoms with van der Waals surface area (Å²) < 4.78 is 0. The maximum atomic E-state index is 12.7. The highest BCUT2D eigenvalue weighted by atomic mass is 16.4. The predicted octanol–water partition coefficient (Wildman–Crippen LogP) is 3.03. The molecule has 7 nitrogen and oxygen atoms in total. The molecular weight excluding hydrogens is 358 g/mol. The smallest absolute Gasteiger partial charge is 0.321 e. The van der Waals surface area contributed by atoms with Crippen molar-refractivity contribution < 1.29 is 19.5 Å². The number of amides is 3. The molecule has 3 aliphatic rings. The fourth-order valence-corrected chi connectivity index (χ4v) is 5.01. The molecule has 150 valence electrons. The highest BCUT2D eigenvalue weighted by molar-refractivity contribution is 5.97. The van der Waals surface area contributed by atoms with E-state index in [1.54, 1.807) is 29.2 Å². The van der Waals surface area contributed by atoms with Crippen molar-refractivity contribution in [3.05, 3.63) is 29.8 Å². The zero-order chi connectivity index (χ0) is 19.7. The maximum absolute atomic E-state index is 12.7. The van der Waals surface area contributed by atoms with Crippen molar-refractivity contribution in [3.63, 3.8) is 0 Å². The Morgan fingerprint density at radius 2 is 1.86 bits per heavy atom. The van der Waals surface area contributed by atoms with Gasteiger partial charge in [-0.25, -0.2) is 4.79 Å². The lowest BCUT2D eigenvalue weighted by atomic mass is 9.81. The number of anilines is 1. The first-order valence-electron chi connectivity index (χ1n) is 10.2. The Bertz CT molecular complexity index is 790. The number of carboxylic acid groups (broad SMARTS) is 1. The summed E-state index contributed by atoms with van der Waals surface area (Å²) in [5, 5.41) is 12.5. The number of aliphatic carboxylic acids is 1. The van der Waals surface area contributed by atoms with E-state index < -0.39 is 11.4 Å². The van der Waals surface area contributed by atoms with Crippen LogP contribution in [0.25, 0.3) is 0 Å². The first-order valence-corrected chi connectivity index (χ1v) is 10.2. The van der Waals surface area contributed by atoms with Gasteiger partial charge in [-0.05, 0) is 56.2 Å². The number of rotatable bonds is 3. The van der Waals surface area contributed by atoms with E-state index in [1.807, 2.05) is 4.90 Å². The highest BCUT2D eigenvalue weighted by Gasteiger charge is 2.55. The van der Waals surface area contributed by atoms with E-state index in [-0.39, 0.29) is 24.4 Å². The van der Waals surface area contributed by atoms with Crippen LogP contribution in [0.5, 0.6) is 0 Å². The lowest BCUT2D eigenvalue weighted by Crippen LogP contribution is -2.38. The minimum Gasteiger partial charge on any atom is -0.481 e. The lowest BCUT2D eigenvalue weighted by molar-refractivity contribution is -0.149. The number of urea groups is 1. The predicted molar refractivity (Wildman–Crippen MR) is 104 cm³/mol. The van der Waals surface area contributed by atoms with Crippen LogP contribution in [0.1, 0.15) is 48.9 Å². The number of carbonyl (C=O) groups is 3. The zero-order valence-electron chi connectivity index (χ0n) is 16.0. The lowest BCUT2D eigenvalue weighted by Gasteiger charge is -2.27. The van der Waals surface area contributed by atoms with Gasteiger partial charge in [-0.1, -0.05) is 12.5 Å². The molecule has 2 saturated heterocycles. The summed E-state index contributed by atoms with van der Waals surface area (Å²) in [5.74, 6) is -0.765. The van der Waals surface area contributed by atoms with Crippen LogP contribution in [0.15, 0.2) is 24.3 Å². The number of hydrogen-bond donors (Lipinski definition) is 2. The Morgan fingerprint density at radius 1 is 1.07 bits per heavy atom. The van der Waals surface area contributed by atoms with E-state index in [1.165, 1.54) is 0 Å². The van der Waals surface area contributed by atoms with Crippen LogP contribution >= 0.6 is 0 Å². The molecule has 2 N–H and O–H groups in total. The quantitative estimate of drug-likeness (QED) is 0.837. The summed E-state index contributed by atoms with van der Waals surface area (Å²) in [6.45, 7) is 2.29. The number of likely N-dealkylation sites (tertiary alicyclic amines) is 2. The average molecular weight is 385 g/mol. The molecule has 0 bridgehead atoms. The molecule has 0 radical (unpaired) electrons. The van der Waals surface area contributed by atoms with E-state index in [4.69, 9.17) is 0 Å². The number of piperidine rings is 1. The van der Waals surface area contributed by atoms with Gasteiger partial charge in [-0.3, -0.25) is 9.59 Å². The molecule has 1 aromatic rings. The molecule has 0 aromatic heterocycles. The molecule has 2 aliphatic heterocycles. The van der Waals surface area contributed by atoms with Crippen LogP contribution in [-0.4, -0.2) is 59.0 Å². The molecule has 1 aliphatic carbocycles. The van der Waals surface area contributed by atoms with Gasteiger partial charge in [0.1, 0.15) is 0 Å². The van der Waals surface area contributed by atoms with Crippen LogP contribution in [0.3, 0.4) is 0 Å². The fraction of sp³-hybridized carbons (Fsp3) is 0.571. The van der Waals surface area contributed by atoms with Crippen molar-refractivity contribution in [2.24, 2.45) is 11.3 Å². The van der Waals surface area contributed by atoms with Crippen molar-refractivity contribution in [1.29, 1.82) is 0 Å². The monoisotopic (exact) mass is 385 g/mol. The molecule has 2 atom stereocenters. The molecule has 7 heteroatoms. The molecule has 4 rings (SSSR count). The number of carboxylic acids is 1. The Morgan fingerprint density at radius 3 is 2.57 bits per heavy atom. The summed E-state index contributed by atoms with van der Waals surface area (Å²) in [5.41, 5.74) is 0.345. The van der Waals surface area contributed by atoms with E-state index in [9.17, 15) is 19.5 Å². The number of nitrogens with zero attached hydrogens (tertiary/aromatic N) is 2. The average Bonchev–Trinajstić information content (AvgIpc) is 3.27. The first-order chi connectivity index (χ1) is 13.5. The van der Waals surface area contributed by atoms with Crippen LogP contribution in [0.4, 0.5) is 10.5 Å². The highest BCUT2D eigenvalue weighted by Crippen LogP contribution is 2.48. The van der Waals surface area contributed by atoms with Gasteiger partial charge in [-0.2, -0.15) is 0 Å². The van der Waals surface area contributed by atoms with E-state index in [2.05, 4.69) is 5.32 Å². The Labute approximate surface area is 164 Å². The van der Waals surface area contributed by atoms with Crippen molar-refractivity contribution in [1.82, 2.24) is 9.80 Å². The topological polar surface area (TPSA) is 90.0 Å². The molecule has 28 heavy (non-hydrogen) atoms. The van der Waals surface area contributed by atoms with E-state index in [0.29, 0.717) is 24.2 Å². The summed E-state index contributed by atoms with van der Waals surface area (Å²) >= 11 is 0. The molecule has 0 unspecified atom stereocenters. The summed E-state index contributed by atoms with van der Waals surface area (Å²) in [6, 6.07) is 6.71. The van der Waals surface area contributed by atoms with Gasteiger partial charge in [0.25, 0.3) is 5.91 Å². The number of benzene rings is 1. The summed E-state index contributed by atoms with van der Waals surface area (Å²) in [6.07, 6.45) is 5.63. The molecule has 3 amide bonds. The molecule has 3 fully saturated rings. The third-order valence-electron chi connectivity index (χ3n) is 6.59. The van der Waals surface area contributed by atoms with Gasteiger partial charge in [0, 0.05) is 37.4 Å². The Balaban J connectivity index is 1.43. The third-order valence-corrected chi connectivity index (χ3v) is 6.59. The first kappa shape index (κ1) is 18.8. The van der Waals surface area contributed by atoms with Gasteiger partial charge >= 0.3 is 12.0 Å². The molecular formula is C21H27N3O4. The maximum Gasteiger partial charge on any atom is 0.321 e. The Kier molecular flexibility index (Phi) is 5.00. The van der Waals surface area contributed by atoms with Gasteiger partial charge in [0.05, 0.1) is 5.41 Å². The van der Waals surface area contributed by atoms with Crippen molar-refractivity contribution >= 4 is 23.6 Å². The third kappa shape index (κ3) is 3.34. The standard InChI is InChI=1S/C21H27N3O4/c25-18(23-10-2-1-3-11-23)15-6-4-8-17(12-15)22-20(28)24-13-16-7-5-9-21(16,14-24)19(26)27/h4,6,8,12,16H,1-3,5,7,9-11,13-14H2,(H,22,28)(H,26,27)/t16-,21+/m0/s1. The molecule has 2 heterocycles.